The Hall–Kier alpha value is -2.04. The van der Waals surface area contributed by atoms with Crippen LogP contribution in [0.15, 0.2) is 24.3 Å². The number of carbonyl (C=O) groups is 2. The Morgan fingerprint density at radius 2 is 2.05 bits per heavy atom. The minimum absolute atomic E-state index is 0.0702. The number of carboxylic acids is 1. The fraction of sp³-hybridized carbons (Fsp3) is 0.467. The summed E-state index contributed by atoms with van der Waals surface area (Å²) in [7, 11) is 1.53. The van der Waals surface area contributed by atoms with E-state index in [1.54, 1.807) is 4.90 Å². The van der Waals surface area contributed by atoms with Gasteiger partial charge in [-0.3, -0.25) is 4.90 Å². The lowest BCUT2D eigenvalue weighted by atomic mass is 9.97. The molecule has 108 valence electrons. The number of carbonyl (C=O) groups excluding carboxylic acids is 1. The molecule has 2 amide bonds. The summed E-state index contributed by atoms with van der Waals surface area (Å²) < 4.78 is 0. The SMILES string of the molecule is CC(C(=O)O)N(C)C(=O)N1c2ccccc2CCC1C. The van der Waals surface area contributed by atoms with Gasteiger partial charge in [0.05, 0.1) is 0 Å². The van der Waals surface area contributed by atoms with E-state index in [2.05, 4.69) is 0 Å². The van der Waals surface area contributed by atoms with E-state index in [4.69, 9.17) is 5.11 Å². The van der Waals surface area contributed by atoms with E-state index in [1.807, 2.05) is 31.2 Å². The Bertz CT molecular complexity index is 530. The number of carboxylic acid groups (broad SMARTS) is 1. The summed E-state index contributed by atoms with van der Waals surface area (Å²) in [6, 6.07) is 6.76. The third-order valence-electron chi connectivity index (χ3n) is 3.97. The van der Waals surface area contributed by atoms with Crippen molar-refractivity contribution in [3.8, 4) is 0 Å². The molecule has 1 aliphatic heterocycles. The highest BCUT2D eigenvalue weighted by Gasteiger charge is 2.32. The molecule has 1 heterocycles. The summed E-state index contributed by atoms with van der Waals surface area (Å²) in [5.41, 5.74) is 2.02. The second-order valence-corrected chi connectivity index (χ2v) is 5.29. The molecule has 2 rings (SSSR count). The molecule has 1 aromatic rings. The number of aryl methyl sites for hydroxylation is 1. The van der Waals surface area contributed by atoms with Crippen molar-refractivity contribution in [2.45, 2.75) is 38.8 Å². The number of urea groups is 1. The van der Waals surface area contributed by atoms with Crippen LogP contribution in [0.3, 0.4) is 0 Å². The van der Waals surface area contributed by atoms with Gasteiger partial charge in [0.2, 0.25) is 0 Å². The van der Waals surface area contributed by atoms with Gasteiger partial charge in [-0.1, -0.05) is 18.2 Å². The van der Waals surface area contributed by atoms with Gasteiger partial charge in [0.15, 0.2) is 0 Å². The Kier molecular flexibility index (Phi) is 3.97. The van der Waals surface area contributed by atoms with Gasteiger partial charge in [0.1, 0.15) is 6.04 Å². The molecule has 0 aromatic heterocycles. The average Bonchev–Trinajstić information content (AvgIpc) is 2.44. The third kappa shape index (κ3) is 2.48. The molecule has 1 N–H and O–H groups in total. The maximum absolute atomic E-state index is 12.6. The van der Waals surface area contributed by atoms with E-state index < -0.39 is 12.0 Å². The first-order valence-electron chi connectivity index (χ1n) is 6.80. The molecule has 1 aliphatic rings. The molecule has 0 spiro atoms. The van der Waals surface area contributed by atoms with Crippen LogP contribution in [0.5, 0.6) is 0 Å². The van der Waals surface area contributed by atoms with Crippen molar-refractivity contribution in [3.05, 3.63) is 29.8 Å². The van der Waals surface area contributed by atoms with Crippen molar-refractivity contribution >= 4 is 17.7 Å². The molecular weight excluding hydrogens is 256 g/mol. The highest BCUT2D eigenvalue weighted by atomic mass is 16.4. The minimum Gasteiger partial charge on any atom is -0.480 e. The fourth-order valence-corrected chi connectivity index (χ4v) is 2.48. The number of anilines is 1. The Morgan fingerprint density at radius 3 is 2.70 bits per heavy atom. The number of amides is 2. The average molecular weight is 276 g/mol. The fourth-order valence-electron chi connectivity index (χ4n) is 2.48. The van der Waals surface area contributed by atoms with Crippen LogP contribution in [0.2, 0.25) is 0 Å². The first-order valence-corrected chi connectivity index (χ1v) is 6.80. The smallest absolute Gasteiger partial charge is 0.326 e. The van der Waals surface area contributed by atoms with Gasteiger partial charge in [-0.25, -0.2) is 9.59 Å². The van der Waals surface area contributed by atoms with Gasteiger partial charge in [-0.05, 0) is 38.3 Å². The number of benzene rings is 1. The molecule has 0 aliphatic carbocycles. The largest absolute Gasteiger partial charge is 0.480 e. The van der Waals surface area contributed by atoms with Crippen molar-refractivity contribution in [1.82, 2.24) is 4.90 Å². The first kappa shape index (κ1) is 14.4. The molecule has 0 saturated carbocycles. The van der Waals surface area contributed by atoms with Crippen LogP contribution >= 0.6 is 0 Å². The van der Waals surface area contributed by atoms with Gasteiger partial charge in [-0.2, -0.15) is 0 Å². The van der Waals surface area contributed by atoms with Crippen molar-refractivity contribution in [3.63, 3.8) is 0 Å². The lowest BCUT2D eigenvalue weighted by molar-refractivity contribution is -0.141. The first-order chi connectivity index (χ1) is 9.43. The number of hydrogen-bond donors (Lipinski definition) is 1. The van der Waals surface area contributed by atoms with E-state index in [0.29, 0.717) is 0 Å². The molecule has 0 fully saturated rings. The maximum atomic E-state index is 12.6. The van der Waals surface area contributed by atoms with E-state index in [9.17, 15) is 9.59 Å². The second-order valence-electron chi connectivity index (χ2n) is 5.29. The zero-order chi connectivity index (χ0) is 14.9. The quantitative estimate of drug-likeness (QED) is 0.902. The molecule has 2 atom stereocenters. The Labute approximate surface area is 118 Å². The predicted molar refractivity (Wildman–Crippen MR) is 77.0 cm³/mol. The van der Waals surface area contributed by atoms with Crippen LogP contribution in [-0.2, 0) is 11.2 Å². The number of para-hydroxylation sites is 1. The molecule has 0 radical (unpaired) electrons. The molecule has 2 unspecified atom stereocenters. The van der Waals surface area contributed by atoms with Crippen molar-refractivity contribution in [2.75, 3.05) is 11.9 Å². The number of rotatable bonds is 2. The highest BCUT2D eigenvalue weighted by molar-refractivity contribution is 5.95. The number of aliphatic carboxylic acids is 1. The van der Waals surface area contributed by atoms with Crippen molar-refractivity contribution in [1.29, 1.82) is 0 Å². The highest BCUT2D eigenvalue weighted by Crippen LogP contribution is 2.31. The van der Waals surface area contributed by atoms with Crippen molar-refractivity contribution < 1.29 is 14.7 Å². The van der Waals surface area contributed by atoms with Crippen LogP contribution in [0.4, 0.5) is 10.5 Å². The summed E-state index contributed by atoms with van der Waals surface area (Å²) in [5.74, 6) is -1.00. The molecule has 5 heteroatoms. The van der Waals surface area contributed by atoms with Gasteiger partial charge >= 0.3 is 12.0 Å². The van der Waals surface area contributed by atoms with Gasteiger partial charge < -0.3 is 10.0 Å². The number of fused-ring (bicyclic) bond motifs is 1. The standard InChI is InChI=1S/C15H20N2O3/c1-10-8-9-12-6-4-5-7-13(12)17(10)15(20)16(3)11(2)14(18)19/h4-7,10-11H,8-9H2,1-3H3,(H,18,19). The summed E-state index contributed by atoms with van der Waals surface area (Å²) in [6.45, 7) is 3.51. The number of hydrogen-bond acceptors (Lipinski definition) is 2. The van der Waals surface area contributed by atoms with E-state index in [0.717, 1.165) is 24.1 Å². The lowest BCUT2D eigenvalue weighted by Crippen LogP contribution is -2.52. The molecule has 0 saturated heterocycles. The van der Waals surface area contributed by atoms with Gasteiger partial charge in [0.25, 0.3) is 0 Å². The maximum Gasteiger partial charge on any atom is 0.326 e. The normalized spacial score (nSPS) is 19.1. The zero-order valence-corrected chi connectivity index (χ0v) is 12.0. The van der Waals surface area contributed by atoms with Crippen molar-refractivity contribution in [2.24, 2.45) is 0 Å². The van der Waals surface area contributed by atoms with Crippen LogP contribution in [0.25, 0.3) is 0 Å². The Morgan fingerprint density at radius 1 is 1.40 bits per heavy atom. The lowest BCUT2D eigenvalue weighted by Gasteiger charge is -2.38. The van der Waals surface area contributed by atoms with Crippen LogP contribution in [0.1, 0.15) is 25.8 Å². The zero-order valence-electron chi connectivity index (χ0n) is 12.0. The van der Waals surface area contributed by atoms with Crippen LogP contribution < -0.4 is 4.90 Å². The topological polar surface area (TPSA) is 60.9 Å². The monoisotopic (exact) mass is 276 g/mol. The molecule has 1 aromatic carbocycles. The molecular formula is C15H20N2O3. The summed E-state index contributed by atoms with van der Waals surface area (Å²) in [5, 5.41) is 9.05. The van der Waals surface area contributed by atoms with E-state index >= 15 is 0 Å². The Balaban J connectivity index is 2.32. The molecule has 0 bridgehead atoms. The van der Waals surface area contributed by atoms with Gasteiger partial charge in [0, 0.05) is 18.8 Å². The van der Waals surface area contributed by atoms with Crippen LogP contribution in [-0.4, -0.2) is 41.1 Å². The van der Waals surface area contributed by atoms with Crippen LogP contribution in [0, 0.1) is 0 Å². The number of nitrogens with zero attached hydrogens (tertiary/aromatic N) is 2. The second kappa shape index (κ2) is 5.53. The molecule has 5 nitrogen and oxygen atoms in total. The predicted octanol–water partition coefficient (Wildman–Crippen LogP) is 2.35. The van der Waals surface area contributed by atoms with E-state index in [1.165, 1.54) is 18.9 Å². The van der Waals surface area contributed by atoms with Gasteiger partial charge in [-0.15, -0.1) is 0 Å². The number of likely N-dealkylation sites (N-methyl/N-ethyl adjacent to an activating group) is 1. The molecule has 20 heavy (non-hydrogen) atoms. The summed E-state index contributed by atoms with van der Waals surface area (Å²) in [6.07, 6.45) is 1.83. The third-order valence-corrected chi connectivity index (χ3v) is 3.97. The summed E-state index contributed by atoms with van der Waals surface area (Å²) in [4.78, 5) is 26.6. The van der Waals surface area contributed by atoms with E-state index in [-0.39, 0.29) is 12.1 Å². The summed E-state index contributed by atoms with van der Waals surface area (Å²) >= 11 is 0. The minimum atomic E-state index is -1.00.